The van der Waals surface area contributed by atoms with E-state index >= 15 is 0 Å². The second-order valence-electron chi connectivity index (χ2n) is 11.9. The van der Waals surface area contributed by atoms with E-state index < -0.39 is 83.4 Å². The van der Waals surface area contributed by atoms with Crippen molar-refractivity contribution in [3.63, 3.8) is 0 Å². The van der Waals surface area contributed by atoms with Crippen LogP contribution in [0.25, 0.3) is 11.1 Å². The van der Waals surface area contributed by atoms with E-state index in [9.17, 15) is 48.9 Å². The number of nitrogens with one attached hydrogen (secondary N) is 5. The van der Waals surface area contributed by atoms with Crippen LogP contribution >= 0.6 is 0 Å². The summed E-state index contributed by atoms with van der Waals surface area (Å²) in [4.78, 5) is 91.8. The van der Waals surface area contributed by atoms with Crippen molar-refractivity contribution in [3.8, 4) is 16.9 Å². The van der Waals surface area contributed by atoms with Gasteiger partial charge in [0.15, 0.2) is 5.60 Å². The maximum Gasteiger partial charge on any atom is 0.288 e. The van der Waals surface area contributed by atoms with Crippen molar-refractivity contribution in [3.05, 3.63) is 59.8 Å². The molecule has 0 saturated heterocycles. The molecule has 2 aliphatic rings. The minimum atomic E-state index is -2.83. The SMILES string of the molecule is C/C=C\NC(=O)[C@H]1NC(=O)[C@H](CC(N)=O)NC(=O)[C@@H](NC(=O)C(=O)[C@@H](C)CC)Cc2ccc(O)c(c2)-c2cccc3c2NC(=O)[C@@]3(O)[C@H]1O. The van der Waals surface area contributed by atoms with Gasteiger partial charge in [0.2, 0.25) is 29.4 Å². The zero-order chi connectivity index (χ0) is 36.2. The molecule has 0 aliphatic carbocycles. The fourth-order valence-electron chi connectivity index (χ4n) is 5.58. The van der Waals surface area contributed by atoms with Crippen LogP contribution in [-0.4, -0.2) is 80.8 Å². The Morgan fingerprint density at radius 3 is 2.45 bits per heavy atom. The van der Waals surface area contributed by atoms with Gasteiger partial charge in [0.05, 0.1) is 12.1 Å². The van der Waals surface area contributed by atoms with Gasteiger partial charge in [-0.3, -0.25) is 33.6 Å². The van der Waals surface area contributed by atoms with E-state index in [4.69, 9.17) is 5.73 Å². The molecular formula is C33H38N6O10. The lowest BCUT2D eigenvalue weighted by atomic mass is 9.83. The van der Waals surface area contributed by atoms with Gasteiger partial charge < -0.3 is 47.6 Å². The van der Waals surface area contributed by atoms with Crippen LogP contribution in [0.1, 0.15) is 44.7 Å². The summed E-state index contributed by atoms with van der Waals surface area (Å²) in [7, 11) is 0. The van der Waals surface area contributed by atoms with E-state index in [1.54, 1.807) is 13.8 Å². The molecule has 0 spiro atoms. The molecule has 6 bridgehead atoms. The molecule has 4 rings (SSSR count). The Bertz CT molecular complexity index is 1740. The fraction of sp³-hybridized carbons (Fsp3) is 0.364. The van der Waals surface area contributed by atoms with Gasteiger partial charge >= 0.3 is 0 Å². The monoisotopic (exact) mass is 678 g/mol. The van der Waals surface area contributed by atoms with Gasteiger partial charge in [0.25, 0.3) is 11.8 Å². The molecule has 0 radical (unpaired) electrons. The Morgan fingerprint density at radius 1 is 1.08 bits per heavy atom. The zero-order valence-electron chi connectivity index (χ0n) is 26.9. The molecule has 49 heavy (non-hydrogen) atoms. The lowest BCUT2D eigenvalue weighted by Gasteiger charge is -2.33. The van der Waals surface area contributed by atoms with Gasteiger partial charge in [0.1, 0.15) is 30.0 Å². The molecule has 260 valence electrons. The number of phenols is 1. The third-order valence-corrected chi connectivity index (χ3v) is 8.51. The molecule has 10 N–H and O–H groups in total. The van der Waals surface area contributed by atoms with Crippen molar-refractivity contribution in [2.24, 2.45) is 11.7 Å². The molecule has 0 unspecified atom stereocenters. The first-order valence-corrected chi connectivity index (χ1v) is 15.5. The number of hydrogen-bond acceptors (Lipinski definition) is 10. The molecule has 2 aromatic rings. The molecular weight excluding hydrogens is 640 g/mol. The van der Waals surface area contributed by atoms with E-state index in [1.807, 2.05) is 0 Å². The number of Topliss-reactive ketones (excluding diaryl/α,β-unsaturated/α-hetero) is 1. The summed E-state index contributed by atoms with van der Waals surface area (Å²) in [6, 6.07) is 3.02. The number of primary amides is 1. The summed E-state index contributed by atoms with van der Waals surface area (Å²) >= 11 is 0. The Kier molecular flexibility index (Phi) is 10.8. The topological polar surface area (TPSA) is 266 Å². The number of amides is 6. The molecule has 0 saturated carbocycles. The number of fused-ring (bicyclic) bond motifs is 3. The first-order valence-electron chi connectivity index (χ1n) is 15.5. The average Bonchev–Trinajstić information content (AvgIpc) is 3.34. The summed E-state index contributed by atoms with van der Waals surface area (Å²) in [6.07, 6.45) is -0.553. The lowest BCUT2D eigenvalue weighted by molar-refractivity contribution is -0.155. The Labute approximate surface area is 280 Å². The van der Waals surface area contributed by atoms with Gasteiger partial charge in [-0.1, -0.05) is 44.2 Å². The molecule has 16 heteroatoms. The largest absolute Gasteiger partial charge is 0.507 e. The van der Waals surface area contributed by atoms with Crippen molar-refractivity contribution >= 4 is 46.9 Å². The highest BCUT2D eigenvalue weighted by molar-refractivity contribution is 6.37. The number of para-hydroxylation sites is 1. The molecule has 2 aromatic carbocycles. The summed E-state index contributed by atoms with van der Waals surface area (Å²) in [5.74, 6) is -8.38. The molecule has 0 aromatic heterocycles. The van der Waals surface area contributed by atoms with E-state index in [0.29, 0.717) is 12.0 Å². The number of aliphatic hydroxyl groups is 2. The number of hydrogen-bond donors (Lipinski definition) is 9. The van der Waals surface area contributed by atoms with Gasteiger partial charge in [-0.25, -0.2) is 0 Å². The summed E-state index contributed by atoms with van der Waals surface area (Å²) in [5.41, 5.74) is 2.95. The van der Waals surface area contributed by atoms with Gasteiger partial charge in [-0.05, 0) is 37.2 Å². The van der Waals surface area contributed by atoms with Crippen LogP contribution in [0, 0.1) is 5.92 Å². The first kappa shape index (κ1) is 36.2. The van der Waals surface area contributed by atoms with E-state index in [-0.39, 0.29) is 34.5 Å². The number of rotatable bonds is 8. The third kappa shape index (κ3) is 7.29. The van der Waals surface area contributed by atoms with Crippen LogP contribution < -0.4 is 32.3 Å². The molecule has 2 heterocycles. The lowest BCUT2D eigenvalue weighted by Crippen LogP contribution is -2.64. The normalized spacial score (nSPS) is 24.3. The summed E-state index contributed by atoms with van der Waals surface area (Å²) in [5, 5.41) is 46.0. The van der Waals surface area contributed by atoms with Crippen LogP contribution in [0.4, 0.5) is 5.69 Å². The average molecular weight is 679 g/mol. The van der Waals surface area contributed by atoms with E-state index in [1.165, 1.54) is 49.4 Å². The summed E-state index contributed by atoms with van der Waals surface area (Å²) < 4.78 is 0. The van der Waals surface area contributed by atoms with Crippen LogP contribution in [0.2, 0.25) is 0 Å². The van der Waals surface area contributed by atoms with Gasteiger partial charge in [0, 0.05) is 29.0 Å². The Hall–Kier alpha value is -5.61. The number of allylic oxidation sites excluding steroid dienone is 1. The van der Waals surface area contributed by atoms with E-state index in [0.717, 1.165) is 6.20 Å². The minimum absolute atomic E-state index is 0.0270. The van der Waals surface area contributed by atoms with Crippen molar-refractivity contribution < 1.29 is 48.9 Å². The highest BCUT2D eigenvalue weighted by Crippen LogP contribution is 2.46. The number of nitrogens with two attached hydrogens (primary N) is 1. The Morgan fingerprint density at radius 2 is 1.80 bits per heavy atom. The predicted octanol–water partition coefficient (Wildman–Crippen LogP) is -1.29. The third-order valence-electron chi connectivity index (χ3n) is 8.51. The molecule has 6 amide bonds. The van der Waals surface area contributed by atoms with Gasteiger partial charge in [-0.2, -0.15) is 0 Å². The number of carbonyl (C=O) groups is 7. The minimum Gasteiger partial charge on any atom is -0.507 e. The number of phenolic OH excluding ortho intramolecular Hbond substituents is 1. The van der Waals surface area contributed by atoms with Crippen molar-refractivity contribution in [1.29, 1.82) is 0 Å². The number of aromatic hydroxyl groups is 1. The first-order chi connectivity index (χ1) is 23.1. The maximum atomic E-state index is 13.7. The van der Waals surface area contributed by atoms with Crippen LogP contribution in [-0.2, 0) is 45.6 Å². The second kappa shape index (κ2) is 14.7. The van der Waals surface area contributed by atoms with Crippen molar-refractivity contribution in [2.45, 2.75) is 69.9 Å². The molecule has 16 nitrogen and oxygen atoms in total. The highest BCUT2D eigenvalue weighted by atomic mass is 16.4. The number of aliphatic hydroxyl groups excluding tert-OH is 1. The van der Waals surface area contributed by atoms with Crippen LogP contribution in [0.5, 0.6) is 5.75 Å². The molecule has 6 atom stereocenters. The van der Waals surface area contributed by atoms with Crippen molar-refractivity contribution in [1.82, 2.24) is 21.3 Å². The van der Waals surface area contributed by atoms with Crippen molar-refractivity contribution in [2.75, 3.05) is 5.32 Å². The van der Waals surface area contributed by atoms with E-state index in [2.05, 4.69) is 26.6 Å². The fourth-order valence-corrected chi connectivity index (χ4v) is 5.58. The summed E-state index contributed by atoms with van der Waals surface area (Å²) in [6.45, 7) is 4.79. The number of anilines is 1. The predicted molar refractivity (Wildman–Crippen MR) is 173 cm³/mol. The zero-order valence-corrected chi connectivity index (χ0v) is 26.9. The van der Waals surface area contributed by atoms with Crippen LogP contribution in [0.3, 0.4) is 0 Å². The van der Waals surface area contributed by atoms with Gasteiger partial charge in [-0.15, -0.1) is 0 Å². The molecule has 2 aliphatic heterocycles. The number of carbonyl (C=O) groups excluding carboxylic acids is 7. The Balaban J connectivity index is 1.93. The number of ketones is 1. The van der Waals surface area contributed by atoms with Crippen LogP contribution in [0.15, 0.2) is 48.7 Å². The second-order valence-corrected chi connectivity index (χ2v) is 11.9. The number of benzene rings is 2. The maximum absolute atomic E-state index is 13.7. The molecule has 0 fully saturated rings. The standard InChI is InChI=1S/C33H38N6O10/c1-4-11-35-30(46)25-27(43)33(49)19-8-6-7-17(24(19)39-32(33)48)18-12-16(9-10-22(18)40)13-20(37-31(47)26(42)15(3)5-2)28(44)36-21(14-23(34)41)29(45)38-25/h4,6-12,15,20-21,25,27,40,43,49H,5,13-14H2,1-3H3,(H2,34,41)(H,35,46)(H,36,44)(H,37,47)(H,38,45)(H,39,48)/b11-4-/t15-,20-,21-,25-,27-,33-/m0/s1. The quantitative estimate of drug-likeness (QED) is 0.149. The smallest absolute Gasteiger partial charge is 0.288 e. The highest BCUT2D eigenvalue weighted by Gasteiger charge is 2.56.